The van der Waals surface area contributed by atoms with Gasteiger partial charge in [-0.15, -0.1) is 0 Å². The monoisotopic (exact) mass is 353 g/mol. The van der Waals surface area contributed by atoms with Crippen LogP contribution in [0.2, 0.25) is 5.02 Å². The van der Waals surface area contributed by atoms with Gasteiger partial charge in [0.05, 0.1) is 13.0 Å². The lowest BCUT2D eigenvalue weighted by atomic mass is 10.1. The largest absolute Gasteiger partial charge is 0.326 e. The predicted molar refractivity (Wildman–Crippen MR) is 101 cm³/mol. The van der Waals surface area contributed by atoms with Crippen molar-refractivity contribution < 1.29 is 4.79 Å². The summed E-state index contributed by atoms with van der Waals surface area (Å²) in [5, 5.41) is 4.08. The second-order valence-electron chi connectivity index (χ2n) is 6.48. The van der Waals surface area contributed by atoms with Gasteiger partial charge in [-0.3, -0.25) is 14.7 Å². The number of rotatable bonds is 3. The maximum Gasteiger partial charge on any atom is 0.233 e. The first kappa shape index (κ1) is 16.2. The fourth-order valence-corrected chi connectivity index (χ4v) is 3.65. The van der Waals surface area contributed by atoms with Crippen molar-refractivity contribution in [2.24, 2.45) is 4.99 Å². The van der Waals surface area contributed by atoms with E-state index >= 15 is 0 Å². The Morgan fingerprint density at radius 2 is 2.00 bits per heavy atom. The van der Waals surface area contributed by atoms with E-state index in [1.807, 2.05) is 24.3 Å². The summed E-state index contributed by atoms with van der Waals surface area (Å²) in [5.41, 5.74) is 4.81. The average Bonchev–Trinajstić information content (AvgIpc) is 3.26. The van der Waals surface area contributed by atoms with Gasteiger partial charge in [0.25, 0.3) is 0 Å². The lowest BCUT2D eigenvalue weighted by molar-refractivity contribution is -0.126. The molecule has 2 aromatic rings. The molecular formula is C20H20ClN3O. The van der Waals surface area contributed by atoms with Crippen LogP contribution in [0, 0.1) is 0 Å². The molecule has 0 spiro atoms. The maximum absolute atomic E-state index is 12.7. The normalized spacial score (nSPS) is 15.9. The van der Waals surface area contributed by atoms with Crippen LogP contribution in [0.1, 0.15) is 23.1 Å². The summed E-state index contributed by atoms with van der Waals surface area (Å²) in [6, 6.07) is 13.8. The Balaban J connectivity index is 1.48. The Bertz CT molecular complexity index is 829. The molecule has 0 aromatic heterocycles. The van der Waals surface area contributed by atoms with Crippen molar-refractivity contribution in [3.8, 4) is 0 Å². The standard InChI is InChI=1S/C20H20ClN3O/c21-16-9-7-14(8-10-16)13-19(25)24-12-11-22-20(24)23-18-6-2-4-15-3-1-5-17(15)18/h2,4,6-10H,1,3,5,11-13H2,(H,22,23). The Kier molecular flexibility index (Phi) is 4.45. The molecule has 0 unspecified atom stereocenters. The quantitative estimate of drug-likeness (QED) is 0.914. The van der Waals surface area contributed by atoms with Crippen LogP contribution in [-0.2, 0) is 24.1 Å². The van der Waals surface area contributed by atoms with E-state index in [2.05, 4.69) is 28.5 Å². The van der Waals surface area contributed by atoms with E-state index in [4.69, 9.17) is 11.6 Å². The number of hydrogen-bond acceptors (Lipinski definition) is 3. The molecule has 0 saturated carbocycles. The van der Waals surface area contributed by atoms with E-state index in [1.54, 1.807) is 4.90 Å². The third-order valence-corrected chi connectivity index (χ3v) is 5.05. The van der Waals surface area contributed by atoms with Crippen LogP contribution in [-0.4, -0.2) is 29.9 Å². The van der Waals surface area contributed by atoms with Crippen LogP contribution < -0.4 is 5.32 Å². The molecule has 128 valence electrons. The number of hydrogen-bond donors (Lipinski definition) is 1. The molecule has 1 heterocycles. The predicted octanol–water partition coefficient (Wildman–Crippen LogP) is 3.68. The van der Waals surface area contributed by atoms with Crippen LogP contribution in [0.25, 0.3) is 0 Å². The number of nitrogens with zero attached hydrogens (tertiary/aromatic N) is 2. The summed E-state index contributed by atoms with van der Waals surface area (Å²) in [5.74, 6) is 0.720. The second-order valence-corrected chi connectivity index (χ2v) is 6.91. The number of fused-ring (bicyclic) bond motifs is 1. The Morgan fingerprint density at radius 1 is 1.16 bits per heavy atom. The van der Waals surface area contributed by atoms with E-state index in [0.717, 1.165) is 24.1 Å². The van der Waals surface area contributed by atoms with Crippen LogP contribution in [0.15, 0.2) is 47.5 Å². The summed E-state index contributed by atoms with van der Waals surface area (Å²) in [4.78, 5) is 19.0. The molecule has 1 aliphatic carbocycles. The topological polar surface area (TPSA) is 44.7 Å². The van der Waals surface area contributed by atoms with E-state index in [1.165, 1.54) is 17.5 Å². The highest BCUT2D eigenvalue weighted by Crippen LogP contribution is 2.29. The van der Waals surface area contributed by atoms with Crippen LogP contribution in [0.3, 0.4) is 0 Å². The number of carbonyl (C=O) groups excluding carboxylic acids is 1. The van der Waals surface area contributed by atoms with Gasteiger partial charge >= 0.3 is 0 Å². The first-order valence-corrected chi connectivity index (χ1v) is 9.05. The number of halogens is 1. The molecule has 1 aliphatic heterocycles. The lowest BCUT2D eigenvalue weighted by Gasteiger charge is -2.20. The molecule has 1 amide bonds. The van der Waals surface area contributed by atoms with Gasteiger partial charge < -0.3 is 5.32 Å². The SMILES string of the molecule is O=C(Cc1ccc(Cl)cc1)N1CCN=C1Nc1cccc2c1CCC2. The molecule has 0 atom stereocenters. The second kappa shape index (κ2) is 6.89. The minimum atomic E-state index is 0.0543. The molecule has 25 heavy (non-hydrogen) atoms. The Hall–Kier alpha value is -2.33. The number of nitrogens with one attached hydrogen (secondary N) is 1. The van der Waals surface area contributed by atoms with Crippen LogP contribution in [0.5, 0.6) is 0 Å². The van der Waals surface area contributed by atoms with Crippen molar-refractivity contribution in [1.82, 2.24) is 4.90 Å². The fourth-order valence-electron chi connectivity index (χ4n) is 3.53. The van der Waals surface area contributed by atoms with Crippen molar-refractivity contribution in [3.63, 3.8) is 0 Å². The fraction of sp³-hybridized carbons (Fsp3) is 0.300. The average molecular weight is 354 g/mol. The van der Waals surface area contributed by atoms with Gasteiger partial charge in [0.15, 0.2) is 0 Å². The molecule has 0 radical (unpaired) electrons. The first-order chi connectivity index (χ1) is 12.2. The summed E-state index contributed by atoms with van der Waals surface area (Å²) in [6.07, 6.45) is 3.77. The zero-order valence-electron chi connectivity index (χ0n) is 14.0. The minimum absolute atomic E-state index is 0.0543. The molecule has 2 aromatic carbocycles. The van der Waals surface area contributed by atoms with Gasteiger partial charge in [0, 0.05) is 17.3 Å². The van der Waals surface area contributed by atoms with Gasteiger partial charge in [0.2, 0.25) is 11.9 Å². The van der Waals surface area contributed by atoms with E-state index < -0.39 is 0 Å². The van der Waals surface area contributed by atoms with E-state index in [0.29, 0.717) is 30.5 Å². The third kappa shape index (κ3) is 3.40. The highest BCUT2D eigenvalue weighted by molar-refractivity contribution is 6.30. The number of amides is 1. The molecule has 4 nitrogen and oxygen atoms in total. The van der Waals surface area contributed by atoms with Gasteiger partial charge in [-0.1, -0.05) is 35.9 Å². The molecule has 2 aliphatic rings. The summed E-state index contributed by atoms with van der Waals surface area (Å²) in [7, 11) is 0. The number of guanidine groups is 1. The van der Waals surface area contributed by atoms with Crippen molar-refractivity contribution in [3.05, 3.63) is 64.2 Å². The smallest absolute Gasteiger partial charge is 0.233 e. The van der Waals surface area contributed by atoms with E-state index in [-0.39, 0.29) is 5.91 Å². The van der Waals surface area contributed by atoms with Gasteiger partial charge in [-0.25, -0.2) is 0 Å². The maximum atomic E-state index is 12.7. The molecule has 0 saturated heterocycles. The van der Waals surface area contributed by atoms with Crippen molar-refractivity contribution in [1.29, 1.82) is 0 Å². The van der Waals surface area contributed by atoms with Crippen molar-refractivity contribution in [2.45, 2.75) is 25.7 Å². The van der Waals surface area contributed by atoms with Crippen LogP contribution >= 0.6 is 11.6 Å². The third-order valence-electron chi connectivity index (χ3n) is 4.80. The van der Waals surface area contributed by atoms with Gasteiger partial charge in [-0.05, 0) is 54.2 Å². The zero-order chi connectivity index (χ0) is 17.2. The molecule has 0 fully saturated rings. The van der Waals surface area contributed by atoms with Gasteiger partial charge in [-0.2, -0.15) is 0 Å². The number of aryl methyl sites for hydroxylation is 1. The Morgan fingerprint density at radius 3 is 2.84 bits per heavy atom. The summed E-state index contributed by atoms with van der Waals surface area (Å²) in [6.45, 7) is 1.27. The number of aliphatic imine (C=N–C) groups is 1. The molecule has 1 N–H and O–H groups in total. The summed E-state index contributed by atoms with van der Waals surface area (Å²) >= 11 is 5.91. The van der Waals surface area contributed by atoms with Crippen molar-refractivity contribution in [2.75, 3.05) is 18.4 Å². The molecule has 4 rings (SSSR count). The van der Waals surface area contributed by atoms with Crippen LogP contribution in [0.4, 0.5) is 5.69 Å². The highest BCUT2D eigenvalue weighted by Gasteiger charge is 2.25. The van der Waals surface area contributed by atoms with Crippen molar-refractivity contribution >= 4 is 29.2 Å². The zero-order valence-corrected chi connectivity index (χ0v) is 14.7. The minimum Gasteiger partial charge on any atom is -0.326 e. The first-order valence-electron chi connectivity index (χ1n) is 8.68. The lowest BCUT2D eigenvalue weighted by Crippen LogP contribution is -2.39. The van der Waals surface area contributed by atoms with Gasteiger partial charge in [0.1, 0.15) is 0 Å². The Labute approximate surface area is 152 Å². The highest BCUT2D eigenvalue weighted by atomic mass is 35.5. The number of benzene rings is 2. The molecule has 5 heteroatoms. The number of anilines is 1. The molecule has 0 bridgehead atoms. The van der Waals surface area contributed by atoms with E-state index in [9.17, 15) is 4.79 Å². The number of carbonyl (C=O) groups is 1. The molecular weight excluding hydrogens is 334 g/mol. The summed E-state index contributed by atoms with van der Waals surface area (Å²) < 4.78 is 0.